The molecule has 0 unspecified atom stereocenters. The van der Waals surface area contributed by atoms with Gasteiger partial charge in [0.2, 0.25) is 11.8 Å². The molecule has 7 rings (SSSR count). The minimum absolute atomic E-state index is 0.000503. The van der Waals surface area contributed by atoms with Gasteiger partial charge in [-0.05, 0) is 62.3 Å². The molecule has 10 heteroatoms. The van der Waals surface area contributed by atoms with Gasteiger partial charge in [0, 0.05) is 55.1 Å². The number of anilines is 1. The van der Waals surface area contributed by atoms with E-state index >= 15 is 0 Å². The number of fused-ring (bicyclic) bond motifs is 1. The second kappa shape index (κ2) is 10.8. The summed E-state index contributed by atoms with van der Waals surface area (Å²) in [5.41, 5.74) is 8.71. The van der Waals surface area contributed by atoms with E-state index in [-0.39, 0.29) is 36.2 Å². The Morgan fingerprint density at radius 3 is 2.56 bits per heavy atom. The van der Waals surface area contributed by atoms with Crippen molar-refractivity contribution >= 4 is 34.1 Å². The van der Waals surface area contributed by atoms with Gasteiger partial charge in [-0.1, -0.05) is 18.9 Å². The molecule has 1 aromatic carbocycles. The monoisotopic (exact) mass is 577 g/mol. The van der Waals surface area contributed by atoms with Crippen molar-refractivity contribution < 1.29 is 19.1 Å². The summed E-state index contributed by atoms with van der Waals surface area (Å²) in [4.78, 5) is 51.8. The summed E-state index contributed by atoms with van der Waals surface area (Å²) in [6.45, 7) is 4.53. The summed E-state index contributed by atoms with van der Waals surface area (Å²) in [6, 6.07) is 5.12. The van der Waals surface area contributed by atoms with Gasteiger partial charge in [-0.15, -0.1) is 11.3 Å². The molecule has 2 aromatic rings. The number of carbonyl (C=O) groups excluding carboxylic acids is 3. The second-order valence-corrected chi connectivity index (χ2v) is 13.5. The molecule has 1 aromatic heterocycles. The third kappa shape index (κ3) is 4.97. The summed E-state index contributed by atoms with van der Waals surface area (Å²) in [5.74, 6) is -0.270. The number of Topliss-reactive ketones (excluding diaryl/α,β-unsaturated/α-hetero) is 1. The third-order valence-electron chi connectivity index (χ3n) is 10.1. The van der Waals surface area contributed by atoms with Crippen LogP contribution in [0, 0.1) is 17.8 Å². The standard InChI is InChI=1S/C31H39N5O4S/c1-34-10-12-35(13-11-34)31-33-24(17-41-31)20-8-9-21(29(32)38)22(14-20)26(19-4-2-3-5-19)30(39)36-15-23(18-6-7-18)28-27(36)25(37)16-40-28/h8-9,14,17-19,23,26-28H,2-7,10-13,15-16H2,1H3,(H2,32,38)/t23-,26-,27+,28+/m0/s1. The molecular formula is C31H39N5O4S. The van der Waals surface area contributed by atoms with Gasteiger partial charge in [0.1, 0.15) is 12.6 Å². The molecule has 2 saturated carbocycles. The predicted molar refractivity (Wildman–Crippen MR) is 157 cm³/mol. The zero-order valence-electron chi connectivity index (χ0n) is 23.7. The lowest BCUT2D eigenvalue weighted by Gasteiger charge is -2.32. The number of piperazine rings is 1. The molecule has 2 N–H and O–H groups in total. The van der Waals surface area contributed by atoms with Gasteiger partial charge in [0.15, 0.2) is 10.9 Å². The molecule has 9 nitrogen and oxygen atoms in total. The Bertz CT molecular complexity index is 1340. The molecule has 3 saturated heterocycles. The van der Waals surface area contributed by atoms with Gasteiger partial charge in [0.25, 0.3) is 0 Å². The first kappa shape index (κ1) is 27.0. The number of ketones is 1. The van der Waals surface area contributed by atoms with Crippen molar-refractivity contribution in [1.29, 1.82) is 0 Å². The van der Waals surface area contributed by atoms with Gasteiger partial charge in [0.05, 0.1) is 17.7 Å². The molecule has 0 spiro atoms. The molecule has 5 aliphatic rings. The summed E-state index contributed by atoms with van der Waals surface area (Å²) in [7, 11) is 2.14. The summed E-state index contributed by atoms with van der Waals surface area (Å²) < 4.78 is 5.96. The van der Waals surface area contributed by atoms with Crippen LogP contribution in [0.4, 0.5) is 5.13 Å². The molecule has 0 bridgehead atoms. The topological polar surface area (TPSA) is 109 Å². The molecule has 0 radical (unpaired) electrons. The number of hydrogen-bond acceptors (Lipinski definition) is 8. The predicted octanol–water partition coefficient (Wildman–Crippen LogP) is 3.14. The number of primary amides is 1. The van der Waals surface area contributed by atoms with Crippen LogP contribution in [0.2, 0.25) is 0 Å². The van der Waals surface area contributed by atoms with E-state index in [2.05, 4.69) is 22.2 Å². The minimum Gasteiger partial charge on any atom is -0.367 e. The highest BCUT2D eigenvalue weighted by Crippen LogP contribution is 2.48. The molecule has 41 heavy (non-hydrogen) atoms. The number of likely N-dealkylation sites (N-methyl/N-ethyl adjacent to an activating group) is 1. The average molecular weight is 578 g/mol. The van der Waals surface area contributed by atoms with Crippen LogP contribution in [-0.2, 0) is 14.3 Å². The number of likely N-dealkylation sites (tertiary alicyclic amines) is 1. The van der Waals surface area contributed by atoms with Crippen LogP contribution in [-0.4, -0.2) is 90.9 Å². The van der Waals surface area contributed by atoms with Crippen molar-refractivity contribution in [3.05, 3.63) is 34.7 Å². The van der Waals surface area contributed by atoms with Crippen molar-refractivity contribution in [2.75, 3.05) is 51.3 Å². The first-order valence-corrected chi connectivity index (χ1v) is 16.0. The Kier molecular flexibility index (Phi) is 7.11. The number of carbonyl (C=O) groups is 3. The van der Waals surface area contributed by atoms with Gasteiger partial charge < -0.3 is 25.2 Å². The maximum atomic E-state index is 14.6. The van der Waals surface area contributed by atoms with E-state index in [0.717, 1.165) is 81.1 Å². The van der Waals surface area contributed by atoms with Crippen LogP contribution < -0.4 is 10.6 Å². The fraction of sp³-hybridized carbons (Fsp3) is 0.613. The number of thiazole rings is 1. The SMILES string of the molecule is CN1CCN(c2nc(-c3ccc(C(N)=O)c([C@@H](C(=O)N4C[C@@H](C5CC5)[C@H]5OCC(=O)[C@H]54)C4CCCC4)c3)cs2)CC1. The molecule has 4 atom stereocenters. The van der Waals surface area contributed by atoms with E-state index < -0.39 is 17.9 Å². The van der Waals surface area contributed by atoms with Crippen molar-refractivity contribution in [2.24, 2.45) is 23.5 Å². The second-order valence-electron chi connectivity index (χ2n) is 12.7. The highest BCUT2D eigenvalue weighted by atomic mass is 32.1. The quantitative estimate of drug-likeness (QED) is 0.539. The Morgan fingerprint density at radius 2 is 1.85 bits per heavy atom. The van der Waals surface area contributed by atoms with Gasteiger partial charge >= 0.3 is 0 Å². The summed E-state index contributed by atoms with van der Waals surface area (Å²) in [5, 5.41) is 3.05. The van der Waals surface area contributed by atoms with E-state index in [0.29, 0.717) is 23.6 Å². The number of aromatic nitrogens is 1. The fourth-order valence-electron chi connectivity index (χ4n) is 7.66. The van der Waals surface area contributed by atoms with Crippen LogP contribution in [0.25, 0.3) is 11.3 Å². The van der Waals surface area contributed by atoms with Crippen molar-refractivity contribution in [2.45, 2.75) is 56.6 Å². The summed E-state index contributed by atoms with van der Waals surface area (Å²) >= 11 is 1.63. The Morgan fingerprint density at radius 1 is 1.10 bits per heavy atom. The first-order valence-electron chi connectivity index (χ1n) is 15.2. The van der Waals surface area contributed by atoms with Crippen LogP contribution >= 0.6 is 11.3 Å². The lowest BCUT2D eigenvalue weighted by atomic mass is 9.80. The summed E-state index contributed by atoms with van der Waals surface area (Å²) in [6.07, 6.45) is 6.02. The van der Waals surface area contributed by atoms with Crippen LogP contribution in [0.5, 0.6) is 0 Å². The number of benzene rings is 1. The maximum Gasteiger partial charge on any atom is 0.249 e. The molecule has 218 valence electrons. The van der Waals surface area contributed by atoms with Gasteiger partial charge in [-0.3, -0.25) is 14.4 Å². The van der Waals surface area contributed by atoms with Crippen LogP contribution in [0.3, 0.4) is 0 Å². The number of nitrogens with two attached hydrogens (primary N) is 1. The lowest BCUT2D eigenvalue weighted by Crippen LogP contribution is -2.45. The van der Waals surface area contributed by atoms with Gasteiger partial charge in [-0.2, -0.15) is 0 Å². The average Bonchev–Trinajstić information content (AvgIpc) is 3.36. The van der Waals surface area contributed by atoms with E-state index in [4.69, 9.17) is 15.5 Å². The van der Waals surface area contributed by atoms with Crippen molar-refractivity contribution in [1.82, 2.24) is 14.8 Å². The third-order valence-corrected chi connectivity index (χ3v) is 11.0. The molecule has 4 heterocycles. The van der Waals surface area contributed by atoms with E-state index in [1.54, 1.807) is 17.4 Å². The normalized spacial score (nSPS) is 27.9. The fourth-order valence-corrected chi connectivity index (χ4v) is 8.55. The molecule has 5 fully saturated rings. The van der Waals surface area contributed by atoms with Crippen LogP contribution in [0.1, 0.15) is 60.4 Å². The van der Waals surface area contributed by atoms with Crippen LogP contribution in [0.15, 0.2) is 23.6 Å². The van der Waals surface area contributed by atoms with Gasteiger partial charge in [-0.25, -0.2) is 4.98 Å². The zero-order chi connectivity index (χ0) is 28.2. The number of rotatable bonds is 7. The van der Waals surface area contributed by atoms with E-state index in [9.17, 15) is 14.4 Å². The maximum absolute atomic E-state index is 14.6. The minimum atomic E-state index is -0.533. The lowest BCUT2D eigenvalue weighted by molar-refractivity contribution is -0.138. The Hall–Kier alpha value is -2.82. The molecule has 2 aliphatic carbocycles. The first-order chi connectivity index (χ1) is 19.9. The number of amides is 2. The zero-order valence-corrected chi connectivity index (χ0v) is 24.5. The Balaban J connectivity index is 1.24. The van der Waals surface area contributed by atoms with Crippen molar-refractivity contribution in [3.63, 3.8) is 0 Å². The Labute approximate surface area is 245 Å². The number of nitrogens with zero attached hydrogens (tertiary/aromatic N) is 4. The molecule has 3 aliphatic heterocycles. The number of ether oxygens (including phenoxy) is 1. The van der Waals surface area contributed by atoms with E-state index in [1.807, 2.05) is 17.0 Å². The largest absolute Gasteiger partial charge is 0.367 e. The highest BCUT2D eigenvalue weighted by Gasteiger charge is 2.57. The molecule has 2 amide bonds. The smallest absolute Gasteiger partial charge is 0.249 e. The van der Waals surface area contributed by atoms with E-state index in [1.165, 1.54) is 0 Å². The number of hydrogen-bond donors (Lipinski definition) is 1. The highest BCUT2D eigenvalue weighted by molar-refractivity contribution is 7.14. The van der Waals surface area contributed by atoms with Crippen molar-refractivity contribution in [3.8, 4) is 11.3 Å². The molecular weight excluding hydrogens is 538 g/mol.